The molecule has 1 heterocycles. The van der Waals surface area contributed by atoms with Crippen molar-refractivity contribution >= 4 is 33.9 Å². The molecular formula is C17H25N5S. The molecule has 2 rings (SSSR count). The second kappa shape index (κ2) is 8.64. The number of para-hydroxylation sites is 1. The van der Waals surface area contributed by atoms with Gasteiger partial charge in [0, 0.05) is 35.8 Å². The smallest absolute Gasteiger partial charge is 0.187 e. The van der Waals surface area contributed by atoms with Crippen LogP contribution in [0.1, 0.15) is 26.3 Å². The van der Waals surface area contributed by atoms with Crippen molar-refractivity contribution in [2.45, 2.75) is 20.8 Å². The molecule has 0 amide bonds. The van der Waals surface area contributed by atoms with Crippen LogP contribution in [-0.2, 0) is 0 Å². The molecule has 0 unspecified atom stereocenters. The van der Waals surface area contributed by atoms with E-state index in [-0.39, 0.29) is 0 Å². The van der Waals surface area contributed by atoms with Crippen LogP contribution in [0.15, 0.2) is 35.6 Å². The number of fused-ring (bicyclic) bond motifs is 1. The number of hydrazone groups is 1. The lowest BCUT2D eigenvalue weighted by Gasteiger charge is -2.18. The number of nitrogens with zero attached hydrogens (tertiary/aromatic N) is 2. The van der Waals surface area contributed by atoms with E-state index >= 15 is 0 Å². The number of aromatic amines is 1. The zero-order chi connectivity index (χ0) is 16.7. The molecule has 0 bridgehead atoms. The molecule has 0 saturated heterocycles. The standard InChI is InChI=1S/C17H25N5S/c1-4-22(5-2)11-10-18-17(23)21-20-13(3)15-12-19-16-9-7-6-8-14(15)16/h6-9,12,19H,4-5,10-11H2,1-3H3,(H2,18,21,23)/b20-13+. The molecule has 0 atom stereocenters. The highest BCUT2D eigenvalue weighted by atomic mass is 32.1. The van der Waals surface area contributed by atoms with Crippen LogP contribution < -0.4 is 10.7 Å². The Morgan fingerprint density at radius 3 is 2.74 bits per heavy atom. The van der Waals surface area contributed by atoms with Gasteiger partial charge in [0.25, 0.3) is 0 Å². The van der Waals surface area contributed by atoms with E-state index in [2.05, 4.69) is 51.7 Å². The van der Waals surface area contributed by atoms with E-state index in [0.717, 1.165) is 48.4 Å². The van der Waals surface area contributed by atoms with Crippen LogP contribution in [0, 0.1) is 0 Å². The van der Waals surface area contributed by atoms with Crippen LogP contribution in [0.3, 0.4) is 0 Å². The summed E-state index contributed by atoms with van der Waals surface area (Å²) in [4.78, 5) is 5.60. The summed E-state index contributed by atoms with van der Waals surface area (Å²) in [5.74, 6) is 0. The summed E-state index contributed by atoms with van der Waals surface area (Å²) < 4.78 is 0. The van der Waals surface area contributed by atoms with Crippen molar-refractivity contribution in [3.05, 3.63) is 36.0 Å². The lowest BCUT2D eigenvalue weighted by Crippen LogP contribution is -2.38. The maximum absolute atomic E-state index is 5.27. The third-order valence-electron chi connectivity index (χ3n) is 3.91. The maximum Gasteiger partial charge on any atom is 0.187 e. The molecule has 0 aliphatic rings. The maximum atomic E-state index is 5.27. The van der Waals surface area contributed by atoms with Crippen molar-refractivity contribution in [1.82, 2.24) is 20.6 Å². The van der Waals surface area contributed by atoms with Gasteiger partial charge in [-0.05, 0) is 38.3 Å². The molecule has 1 aromatic carbocycles. The van der Waals surface area contributed by atoms with Gasteiger partial charge in [-0.3, -0.25) is 5.43 Å². The van der Waals surface area contributed by atoms with Crippen molar-refractivity contribution < 1.29 is 0 Å². The second-order valence-electron chi connectivity index (χ2n) is 5.34. The van der Waals surface area contributed by atoms with Gasteiger partial charge in [0.1, 0.15) is 0 Å². The largest absolute Gasteiger partial charge is 0.360 e. The predicted molar refractivity (Wildman–Crippen MR) is 102 cm³/mol. The van der Waals surface area contributed by atoms with E-state index in [9.17, 15) is 0 Å². The first kappa shape index (κ1) is 17.4. The molecule has 1 aromatic heterocycles. The van der Waals surface area contributed by atoms with Crippen LogP contribution in [0.25, 0.3) is 10.9 Å². The molecule has 23 heavy (non-hydrogen) atoms. The average molecular weight is 331 g/mol. The number of hydrogen-bond donors (Lipinski definition) is 3. The summed E-state index contributed by atoms with van der Waals surface area (Å²) in [7, 11) is 0. The Hall–Kier alpha value is -1.92. The number of hydrogen-bond acceptors (Lipinski definition) is 3. The molecule has 0 aliphatic heterocycles. The summed E-state index contributed by atoms with van der Waals surface area (Å²) in [6.45, 7) is 10.2. The highest BCUT2D eigenvalue weighted by Gasteiger charge is 2.06. The van der Waals surface area contributed by atoms with E-state index < -0.39 is 0 Å². The third kappa shape index (κ3) is 4.77. The summed E-state index contributed by atoms with van der Waals surface area (Å²) in [6, 6.07) is 8.18. The summed E-state index contributed by atoms with van der Waals surface area (Å²) in [5.41, 5.74) is 6.01. The Morgan fingerprint density at radius 2 is 2.00 bits per heavy atom. The first-order valence-electron chi connectivity index (χ1n) is 8.02. The lowest BCUT2D eigenvalue weighted by molar-refractivity contribution is 0.308. The third-order valence-corrected chi connectivity index (χ3v) is 4.15. The molecule has 5 nitrogen and oxygen atoms in total. The molecule has 0 spiro atoms. The van der Waals surface area contributed by atoms with Gasteiger partial charge in [0.05, 0.1) is 5.71 Å². The molecular weight excluding hydrogens is 306 g/mol. The van der Waals surface area contributed by atoms with Gasteiger partial charge in [0.15, 0.2) is 5.11 Å². The Kier molecular flexibility index (Phi) is 6.55. The Bertz CT molecular complexity index is 672. The van der Waals surface area contributed by atoms with Crippen LogP contribution >= 0.6 is 12.2 Å². The Balaban J connectivity index is 1.88. The number of aromatic nitrogens is 1. The van der Waals surface area contributed by atoms with E-state index in [1.807, 2.05) is 25.3 Å². The van der Waals surface area contributed by atoms with Crippen molar-refractivity contribution in [2.75, 3.05) is 26.2 Å². The fraction of sp³-hybridized carbons (Fsp3) is 0.412. The molecule has 6 heteroatoms. The average Bonchev–Trinajstić information content (AvgIpc) is 3.01. The van der Waals surface area contributed by atoms with Crippen molar-refractivity contribution in [1.29, 1.82) is 0 Å². The van der Waals surface area contributed by atoms with Crippen LogP contribution in [0.2, 0.25) is 0 Å². The van der Waals surface area contributed by atoms with Crippen molar-refractivity contribution in [2.24, 2.45) is 5.10 Å². The number of benzene rings is 1. The highest BCUT2D eigenvalue weighted by Crippen LogP contribution is 2.18. The molecule has 3 N–H and O–H groups in total. The molecule has 2 aromatic rings. The van der Waals surface area contributed by atoms with Gasteiger partial charge in [0.2, 0.25) is 0 Å². The summed E-state index contributed by atoms with van der Waals surface area (Å²) in [6.07, 6.45) is 1.97. The van der Waals surface area contributed by atoms with Gasteiger partial charge in [-0.1, -0.05) is 32.0 Å². The van der Waals surface area contributed by atoms with Gasteiger partial charge < -0.3 is 15.2 Å². The second-order valence-corrected chi connectivity index (χ2v) is 5.75. The molecule has 0 aliphatic carbocycles. The SMILES string of the molecule is CCN(CC)CCNC(=S)N/N=C(\C)c1c[nH]c2ccccc12. The summed E-state index contributed by atoms with van der Waals surface area (Å²) in [5, 5.41) is 9.28. The molecule has 0 saturated carbocycles. The Labute approximate surface area is 143 Å². The van der Waals surface area contributed by atoms with Crippen LogP contribution in [0.4, 0.5) is 0 Å². The lowest BCUT2D eigenvalue weighted by atomic mass is 10.1. The first-order valence-corrected chi connectivity index (χ1v) is 8.43. The predicted octanol–water partition coefficient (Wildman–Crippen LogP) is 2.70. The number of rotatable bonds is 7. The fourth-order valence-electron chi connectivity index (χ4n) is 2.47. The number of nitrogens with one attached hydrogen (secondary N) is 3. The minimum absolute atomic E-state index is 0.552. The monoisotopic (exact) mass is 331 g/mol. The zero-order valence-corrected chi connectivity index (χ0v) is 14.8. The van der Waals surface area contributed by atoms with Gasteiger partial charge in [-0.15, -0.1) is 0 Å². The zero-order valence-electron chi connectivity index (χ0n) is 14.0. The van der Waals surface area contributed by atoms with Crippen molar-refractivity contribution in [3.8, 4) is 0 Å². The van der Waals surface area contributed by atoms with E-state index in [1.165, 1.54) is 0 Å². The van der Waals surface area contributed by atoms with Crippen LogP contribution in [0.5, 0.6) is 0 Å². The number of thiocarbonyl (C=S) groups is 1. The topological polar surface area (TPSA) is 55.4 Å². The van der Waals surface area contributed by atoms with Gasteiger partial charge in [-0.2, -0.15) is 5.10 Å². The van der Waals surface area contributed by atoms with E-state index in [1.54, 1.807) is 0 Å². The van der Waals surface area contributed by atoms with E-state index in [4.69, 9.17) is 12.2 Å². The normalized spacial score (nSPS) is 11.9. The fourth-order valence-corrected chi connectivity index (χ4v) is 2.62. The quantitative estimate of drug-likeness (QED) is 0.415. The first-order chi connectivity index (χ1) is 11.2. The van der Waals surface area contributed by atoms with Gasteiger partial charge in [-0.25, -0.2) is 0 Å². The number of likely N-dealkylation sites (N-methyl/N-ethyl adjacent to an activating group) is 1. The number of H-pyrrole nitrogens is 1. The molecule has 0 fully saturated rings. The minimum atomic E-state index is 0.552. The Morgan fingerprint density at radius 1 is 1.26 bits per heavy atom. The van der Waals surface area contributed by atoms with Crippen molar-refractivity contribution in [3.63, 3.8) is 0 Å². The van der Waals surface area contributed by atoms with Gasteiger partial charge >= 0.3 is 0 Å². The molecule has 0 radical (unpaired) electrons. The summed E-state index contributed by atoms with van der Waals surface area (Å²) >= 11 is 5.27. The highest BCUT2D eigenvalue weighted by molar-refractivity contribution is 7.80. The van der Waals surface area contributed by atoms with Crippen LogP contribution in [-0.4, -0.2) is 46.9 Å². The molecule has 124 valence electrons. The minimum Gasteiger partial charge on any atom is -0.360 e. The van der Waals surface area contributed by atoms with E-state index in [0.29, 0.717) is 5.11 Å².